The van der Waals surface area contributed by atoms with Gasteiger partial charge in [0, 0.05) is 12.0 Å². The van der Waals surface area contributed by atoms with Crippen LogP contribution in [0.3, 0.4) is 0 Å². The average Bonchev–Trinajstić information content (AvgIpc) is 3.13. The standard InChI is InChI=1S/C15H13Cl2F2N3O6S/c1-6-11(17)8(22(15(25)26)29(27,28)5-16)3-9(12(6)19)21-13(23)10-2-7(18)4-20(10)14(21)24/h3,7,10H,2,4-5H2,1H3,(H,25,26)/t7-,10-/m0/s1. The van der Waals surface area contributed by atoms with Crippen LogP contribution in [-0.4, -0.2) is 60.4 Å². The van der Waals surface area contributed by atoms with E-state index in [9.17, 15) is 36.7 Å². The minimum Gasteiger partial charge on any atom is -0.464 e. The molecule has 2 atom stereocenters. The van der Waals surface area contributed by atoms with Crippen LogP contribution in [0.15, 0.2) is 6.07 Å². The van der Waals surface area contributed by atoms with Gasteiger partial charge in [-0.1, -0.05) is 11.6 Å². The fourth-order valence-corrected chi connectivity index (χ4v) is 4.64. The van der Waals surface area contributed by atoms with E-state index in [1.807, 2.05) is 0 Å². The number of rotatable bonds is 4. The van der Waals surface area contributed by atoms with E-state index in [-0.39, 0.29) is 17.3 Å². The molecule has 2 aliphatic rings. The highest BCUT2D eigenvalue weighted by atomic mass is 35.5. The van der Waals surface area contributed by atoms with Crippen LogP contribution >= 0.6 is 23.2 Å². The number of hydrogen-bond acceptors (Lipinski definition) is 5. The molecule has 14 heteroatoms. The van der Waals surface area contributed by atoms with Crippen LogP contribution in [0.2, 0.25) is 5.02 Å². The van der Waals surface area contributed by atoms with Gasteiger partial charge in [-0.25, -0.2) is 31.7 Å². The SMILES string of the molecule is Cc1c(F)c(N2C(=O)[C@@H]3C[C@H](F)CN3C2=O)cc(N(C(=O)O)S(=O)(=O)CCl)c1Cl. The maximum Gasteiger partial charge on any atom is 0.425 e. The van der Waals surface area contributed by atoms with E-state index in [0.717, 1.165) is 11.8 Å². The van der Waals surface area contributed by atoms with Crippen LogP contribution in [0.5, 0.6) is 0 Å². The summed E-state index contributed by atoms with van der Waals surface area (Å²) in [4.78, 5) is 38.0. The van der Waals surface area contributed by atoms with Crippen molar-refractivity contribution in [1.29, 1.82) is 0 Å². The summed E-state index contributed by atoms with van der Waals surface area (Å²) in [5, 5.41) is 7.64. The first-order valence-electron chi connectivity index (χ1n) is 8.01. The summed E-state index contributed by atoms with van der Waals surface area (Å²) >= 11 is 11.3. The smallest absolute Gasteiger partial charge is 0.425 e. The number of imide groups is 1. The van der Waals surface area contributed by atoms with Crippen molar-refractivity contribution in [3.05, 3.63) is 22.5 Å². The number of carboxylic acid groups (broad SMARTS) is 1. The average molecular weight is 472 g/mol. The van der Waals surface area contributed by atoms with Crippen LogP contribution in [0.4, 0.5) is 29.7 Å². The highest BCUT2D eigenvalue weighted by Crippen LogP contribution is 2.41. The van der Waals surface area contributed by atoms with Crippen molar-refractivity contribution in [2.24, 2.45) is 0 Å². The lowest BCUT2D eigenvalue weighted by atomic mass is 10.1. The molecule has 2 aliphatic heterocycles. The second-order valence-corrected chi connectivity index (χ2v) is 9.17. The monoisotopic (exact) mass is 471 g/mol. The van der Waals surface area contributed by atoms with Gasteiger partial charge in [0.05, 0.1) is 22.9 Å². The van der Waals surface area contributed by atoms with Gasteiger partial charge in [-0.15, -0.1) is 11.6 Å². The quantitative estimate of drug-likeness (QED) is 0.533. The van der Waals surface area contributed by atoms with Gasteiger partial charge in [-0.2, -0.15) is 4.31 Å². The number of anilines is 2. The van der Waals surface area contributed by atoms with Crippen molar-refractivity contribution in [3.8, 4) is 0 Å². The predicted octanol–water partition coefficient (Wildman–Crippen LogP) is 2.68. The summed E-state index contributed by atoms with van der Waals surface area (Å²) in [5.74, 6) is -2.05. The summed E-state index contributed by atoms with van der Waals surface area (Å²) in [6, 6.07) is -1.47. The fraction of sp³-hybridized carbons (Fsp3) is 0.400. The van der Waals surface area contributed by atoms with Crippen molar-refractivity contribution in [1.82, 2.24) is 4.90 Å². The maximum absolute atomic E-state index is 14.9. The van der Waals surface area contributed by atoms with Crippen molar-refractivity contribution in [3.63, 3.8) is 0 Å². The molecule has 3 rings (SSSR count). The second-order valence-electron chi connectivity index (χ2n) is 6.39. The predicted molar refractivity (Wildman–Crippen MR) is 99.2 cm³/mol. The number of hydrogen-bond donors (Lipinski definition) is 1. The summed E-state index contributed by atoms with van der Waals surface area (Å²) in [6.07, 6.45) is -3.65. The minimum absolute atomic E-state index is 0.165. The Morgan fingerprint density at radius 3 is 2.55 bits per heavy atom. The summed E-state index contributed by atoms with van der Waals surface area (Å²) in [7, 11) is -4.61. The number of nitrogens with zero attached hydrogens (tertiary/aromatic N) is 3. The molecule has 1 aromatic rings. The molecule has 0 spiro atoms. The van der Waals surface area contributed by atoms with Gasteiger partial charge in [-0.3, -0.25) is 4.79 Å². The Morgan fingerprint density at radius 1 is 1.41 bits per heavy atom. The number of sulfonamides is 1. The lowest BCUT2D eigenvalue weighted by molar-refractivity contribution is -0.119. The Kier molecular flexibility index (Phi) is 5.39. The van der Waals surface area contributed by atoms with Gasteiger partial charge in [0.25, 0.3) is 15.9 Å². The van der Waals surface area contributed by atoms with Gasteiger partial charge < -0.3 is 10.0 Å². The van der Waals surface area contributed by atoms with Crippen molar-refractivity contribution >= 4 is 62.6 Å². The van der Waals surface area contributed by atoms with Crippen molar-refractivity contribution < 1.29 is 36.7 Å². The van der Waals surface area contributed by atoms with E-state index < -0.39 is 73.3 Å². The lowest BCUT2D eigenvalue weighted by Gasteiger charge is -2.24. The largest absolute Gasteiger partial charge is 0.464 e. The Labute approximate surface area is 173 Å². The molecule has 2 saturated heterocycles. The number of alkyl halides is 2. The molecule has 0 aromatic heterocycles. The second kappa shape index (κ2) is 7.26. The van der Waals surface area contributed by atoms with E-state index in [2.05, 4.69) is 0 Å². The summed E-state index contributed by atoms with van der Waals surface area (Å²) in [6.45, 7) is 0.760. The molecule has 2 heterocycles. The van der Waals surface area contributed by atoms with E-state index in [1.165, 1.54) is 0 Å². The number of carbonyl (C=O) groups is 3. The van der Waals surface area contributed by atoms with Gasteiger partial charge in [0.1, 0.15) is 17.4 Å². The molecular weight excluding hydrogens is 459 g/mol. The molecule has 0 unspecified atom stereocenters. The maximum atomic E-state index is 14.9. The number of amides is 4. The summed E-state index contributed by atoms with van der Waals surface area (Å²) in [5.41, 5.74) is -1.80. The molecule has 2 fully saturated rings. The Bertz CT molecular complexity index is 1010. The van der Waals surface area contributed by atoms with Gasteiger partial charge in [0.15, 0.2) is 5.82 Å². The zero-order valence-electron chi connectivity index (χ0n) is 14.6. The molecule has 9 nitrogen and oxygen atoms in total. The van der Waals surface area contributed by atoms with E-state index in [0.29, 0.717) is 11.0 Å². The topological polar surface area (TPSA) is 115 Å². The highest BCUT2D eigenvalue weighted by molar-refractivity contribution is 7.94. The number of benzene rings is 1. The number of urea groups is 1. The Hall–Kier alpha value is -2.18. The van der Waals surface area contributed by atoms with Crippen molar-refractivity contribution in [2.75, 3.05) is 21.0 Å². The molecule has 158 valence electrons. The van der Waals surface area contributed by atoms with E-state index in [1.54, 1.807) is 0 Å². The van der Waals surface area contributed by atoms with Gasteiger partial charge in [0.2, 0.25) is 0 Å². The van der Waals surface area contributed by atoms with Crippen LogP contribution in [0.1, 0.15) is 12.0 Å². The Balaban J connectivity index is 2.19. The molecule has 0 bridgehead atoms. The van der Waals surface area contributed by atoms with Crippen molar-refractivity contribution in [2.45, 2.75) is 25.6 Å². The normalized spacial score (nSPS) is 21.7. The van der Waals surface area contributed by atoms with E-state index >= 15 is 0 Å². The van der Waals surface area contributed by atoms with Crippen LogP contribution < -0.4 is 9.21 Å². The summed E-state index contributed by atoms with van der Waals surface area (Å²) < 4.78 is 52.5. The number of fused-ring (bicyclic) bond motifs is 1. The third-order valence-corrected chi connectivity index (χ3v) is 7.11. The highest BCUT2D eigenvalue weighted by Gasteiger charge is 2.52. The van der Waals surface area contributed by atoms with Crippen LogP contribution in [-0.2, 0) is 14.8 Å². The molecule has 0 saturated carbocycles. The van der Waals surface area contributed by atoms with Crippen LogP contribution in [0.25, 0.3) is 0 Å². The van der Waals surface area contributed by atoms with Gasteiger partial charge >= 0.3 is 12.1 Å². The molecule has 1 N–H and O–H groups in total. The number of carbonyl (C=O) groups excluding carboxylic acids is 2. The first-order chi connectivity index (χ1) is 13.4. The Morgan fingerprint density at radius 2 is 2.03 bits per heavy atom. The lowest BCUT2D eigenvalue weighted by Crippen LogP contribution is -2.38. The fourth-order valence-electron chi connectivity index (χ4n) is 3.29. The minimum atomic E-state index is -4.61. The first-order valence-corrected chi connectivity index (χ1v) is 10.5. The first kappa shape index (κ1) is 21.5. The zero-order valence-corrected chi connectivity index (χ0v) is 16.9. The molecule has 4 amide bonds. The van der Waals surface area contributed by atoms with Gasteiger partial charge in [-0.05, 0) is 13.0 Å². The molecule has 0 radical (unpaired) electrons. The molecule has 0 aliphatic carbocycles. The molecular formula is C15H13Cl2F2N3O6S. The zero-order chi connectivity index (χ0) is 21.8. The molecule has 1 aromatic carbocycles. The number of halogens is 4. The molecule has 29 heavy (non-hydrogen) atoms. The van der Waals surface area contributed by atoms with E-state index in [4.69, 9.17) is 23.2 Å². The third-order valence-electron chi connectivity index (χ3n) is 4.62. The van der Waals surface area contributed by atoms with Crippen LogP contribution in [0, 0.1) is 12.7 Å². The third kappa shape index (κ3) is 3.28.